The van der Waals surface area contributed by atoms with Gasteiger partial charge in [-0.15, -0.1) is 0 Å². The van der Waals surface area contributed by atoms with E-state index in [1.165, 1.54) is 14.7 Å². The summed E-state index contributed by atoms with van der Waals surface area (Å²) in [5.74, 6) is 0.306. The monoisotopic (exact) mass is 541 g/mol. The number of carbonyl (C=O) groups is 1. The molecule has 0 saturated carbocycles. The fourth-order valence-electron chi connectivity index (χ4n) is 5.80. The quantitative estimate of drug-likeness (QED) is 0.296. The molecule has 2 bridgehead atoms. The smallest absolute Gasteiger partial charge is 0.344 e. The fraction of sp³-hybridized carbons (Fsp3) is 0.393. The summed E-state index contributed by atoms with van der Waals surface area (Å²) in [6.45, 7) is 3.87. The number of hydrogen-bond acceptors (Lipinski definition) is 7. The molecule has 0 spiro atoms. The lowest BCUT2D eigenvalue weighted by Gasteiger charge is -2.25. The third kappa shape index (κ3) is 4.52. The van der Waals surface area contributed by atoms with Crippen LogP contribution in [0.2, 0.25) is 0 Å². The van der Waals surface area contributed by atoms with Crippen molar-refractivity contribution < 1.29 is 31.6 Å². The van der Waals surface area contributed by atoms with Gasteiger partial charge in [0.2, 0.25) is 0 Å². The zero-order valence-corrected chi connectivity index (χ0v) is 22.2. The van der Waals surface area contributed by atoms with Gasteiger partial charge in [0.25, 0.3) is 10.1 Å². The molecule has 3 saturated heterocycles. The van der Waals surface area contributed by atoms with Crippen LogP contribution in [0.3, 0.4) is 0 Å². The van der Waals surface area contributed by atoms with Crippen molar-refractivity contribution >= 4 is 27.0 Å². The molecular formula is C28H29O7S2+. The first-order valence-corrected chi connectivity index (χ1v) is 15.2. The molecule has 0 N–H and O–H groups in total. The molecule has 194 valence electrons. The maximum atomic E-state index is 12.7. The zero-order chi connectivity index (χ0) is 25.7. The van der Waals surface area contributed by atoms with Gasteiger partial charge < -0.3 is 14.2 Å². The fourth-order valence-corrected chi connectivity index (χ4v) is 9.89. The van der Waals surface area contributed by atoms with Crippen LogP contribution in [0.15, 0.2) is 92.8 Å². The molecule has 4 aliphatic rings. The first-order valence-electron chi connectivity index (χ1n) is 12.5. The van der Waals surface area contributed by atoms with Crippen LogP contribution in [0, 0.1) is 5.92 Å². The Morgan fingerprint density at radius 1 is 1.03 bits per heavy atom. The molecule has 7 nitrogen and oxygen atoms in total. The second-order valence-electron chi connectivity index (χ2n) is 9.91. The number of benzene rings is 2. The van der Waals surface area contributed by atoms with E-state index in [1.54, 1.807) is 0 Å². The van der Waals surface area contributed by atoms with Gasteiger partial charge in [-0.1, -0.05) is 43.3 Å². The van der Waals surface area contributed by atoms with E-state index in [0.717, 1.165) is 17.8 Å². The third-order valence-electron chi connectivity index (χ3n) is 7.35. The predicted octanol–water partition coefficient (Wildman–Crippen LogP) is 4.12. The van der Waals surface area contributed by atoms with Crippen LogP contribution in [0.1, 0.15) is 26.7 Å². The second-order valence-corrected chi connectivity index (χ2v) is 13.8. The molecule has 9 heteroatoms. The maximum absolute atomic E-state index is 12.7. The normalized spacial score (nSPS) is 31.5. The molecule has 6 unspecified atom stereocenters. The van der Waals surface area contributed by atoms with E-state index in [0.29, 0.717) is 6.42 Å². The molecule has 37 heavy (non-hydrogen) atoms. The van der Waals surface area contributed by atoms with Gasteiger partial charge in [0.1, 0.15) is 28.1 Å². The largest absolute Gasteiger partial charge is 0.486 e. The van der Waals surface area contributed by atoms with Gasteiger partial charge in [-0.3, -0.25) is 4.18 Å². The summed E-state index contributed by atoms with van der Waals surface area (Å²) in [5.41, 5.74) is 0.988. The lowest BCUT2D eigenvalue weighted by Crippen LogP contribution is -2.42. The second kappa shape index (κ2) is 9.62. The zero-order valence-electron chi connectivity index (χ0n) is 20.6. The molecule has 0 radical (unpaired) electrons. The number of carbonyl (C=O) groups excluding carboxylic acids is 1. The van der Waals surface area contributed by atoms with E-state index in [2.05, 4.69) is 61.5 Å². The molecule has 6 rings (SSSR count). The predicted molar refractivity (Wildman–Crippen MR) is 138 cm³/mol. The van der Waals surface area contributed by atoms with E-state index >= 15 is 0 Å². The van der Waals surface area contributed by atoms with Crippen LogP contribution in [-0.4, -0.2) is 50.7 Å². The van der Waals surface area contributed by atoms with Crippen LogP contribution in [-0.2, 0) is 44.2 Å². The molecule has 0 amide bonds. The molecular weight excluding hydrogens is 512 g/mol. The molecule has 2 aromatic rings. The molecule has 3 fully saturated rings. The lowest BCUT2D eigenvalue weighted by molar-refractivity contribution is -0.158. The average molecular weight is 542 g/mol. The highest BCUT2D eigenvalue weighted by molar-refractivity contribution is 8.00. The number of hydrogen-bond donors (Lipinski definition) is 0. The van der Waals surface area contributed by atoms with Gasteiger partial charge >= 0.3 is 5.97 Å². The van der Waals surface area contributed by atoms with Crippen LogP contribution in [0.4, 0.5) is 0 Å². The van der Waals surface area contributed by atoms with E-state index in [-0.39, 0.29) is 23.4 Å². The van der Waals surface area contributed by atoms with Crippen molar-refractivity contribution in [2.75, 3.05) is 6.61 Å². The van der Waals surface area contributed by atoms with Crippen LogP contribution in [0.25, 0.3) is 0 Å². The van der Waals surface area contributed by atoms with Crippen molar-refractivity contribution in [3.05, 3.63) is 83.0 Å². The Balaban J connectivity index is 1.16. The summed E-state index contributed by atoms with van der Waals surface area (Å²) in [5, 5.41) is -0.651. The Kier molecular flexibility index (Phi) is 6.43. The Hall–Kier alpha value is -2.59. The number of fused-ring (bicyclic) bond motifs is 1. The van der Waals surface area contributed by atoms with Crippen LogP contribution >= 0.6 is 0 Å². The summed E-state index contributed by atoms with van der Waals surface area (Å²) in [7, 11) is -3.87. The molecule has 0 aromatic heterocycles. The van der Waals surface area contributed by atoms with Crippen molar-refractivity contribution in [3.63, 3.8) is 0 Å². The Bertz CT molecular complexity index is 1310. The van der Waals surface area contributed by atoms with Crippen molar-refractivity contribution in [1.29, 1.82) is 0 Å². The maximum Gasteiger partial charge on any atom is 0.344 e. The summed E-state index contributed by atoms with van der Waals surface area (Å²) in [6.07, 6.45) is 0.806. The van der Waals surface area contributed by atoms with Gasteiger partial charge in [0.15, 0.2) is 22.5 Å². The molecule has 3 aliphatic heterocycles. The van der Waals surface area contributed by atoms with Gasteiger partial charge in [-0.25, -0.2) is 4.79 Å². The van der Waals surface area contributed by atoms with Crippen molar-refractivity contribution in [1.82, 2.24) is 0 Å². The van der Waals surface area contributed by atoms with Gasteiger partial charge in [-0.2, -0.15) is 8.42 Å². The van der Waals surface area contributed by atoms with E-state index < -0.39 is 45.8 Å². The van der Waals surface area contributed by atoms with Crippen molar-refractivity contribution in [3.8, 4) is 0 Å². The summed E-state index contributed by atoms with van der Waals surface area (Å²) in [4.78, 5) is 16.5. The molecule has 2 aromatic carbocycles. The van der Waals surface area contributed by atoms with E-state index in [1.807, 2.05) is 19.1 Å². The van der Waals surface area contributed by atoms with Gasteiger partial charge in [0.05, 0.1) is 17.0 Å². The van der Waals surface area contributed by atoms with E-state index in [4.69, 9.17) is 18.4 Å². The third-order valence-corrected chi connectivity index (χ3v) is 11.3. The SMILES string of the molecule is CC1=C(OCC(=O)OC2C3CC4C(O3)C2OS4(=O)=O)C(C)CC([S+](c2ccccc2)c2ccccc2)=C1. The highest BCUT2D eigenvalue weighted by atomic mass is 32.2. The molecule has 3 heterocycles. The van der Waals surface area contributed by atoms with Crippen molar-refractivity contribution in [2.24, 2.45) is 5.92 Å². The number of rotatable bonds is 7. The molecule has 1 aliphatic carbocycles. The minimum atomic E-state index is -3.66. The topological polar surface area (TPSA) is 88.1 Å². The summed E-state index contributed by atoms with van der Waals surface area (Å²) < 4.78 is 46.7. The van der Waals surface area contributed by atoms with Gasteiger partial charge in [-0.05, 0) is 49.3 Å². The minimum Gasteiger partial charge on any atom is -0.486 e. The van der Waals surface area contributed by atoms with E-state index in [9.17, 15) is 13.2 Å². The lowest BCUT2D eigenvalue weighted by atomic mass is 9.94. The Morgan fingerprint density at radius 3 is 2.30 bits per heavy atom. The highest BCUT2D eigenvalue weighted by Gasteiger charge is 2.67. The minimum absolute atomic E-state index is 0.0881. The average Bonchev–Trinajstić information content (AvgIpc) is 3.50. The standard InChI is InChI=1S/C28H29O7S2/c1-17-13-21(36(19-9-5-3-6-10-19)20-11-7-4-8-12-20)14-18(2)25(17)32-16-24(29)34-26-22-15-23-27(33-22)28(26)35-37(23,30)31/h3-13,18,22-23,26-28H,14-16H2,1-2H3/q+1. The van der Waals surface area contributed by atoms with Crippen LogP contribution < -0.4 is 0 Å². The molecule has 6 atom stereocenters. The van der Waals surface area contributed by atoms with Crippen LogP contribution in [0.5, 0.6) is 0 Å². The number of allylic oxidation sites excluding steroid dienone is 4. The summed E-state index contributed by atoms with van der Waals surface area (Å²) >= 11 is 0. The first kappa shape index (κ1) is 24.7. The number of ether oxygens (including phenoxy) is 3. The first-order chi connectivity index (χ1) is 17.8. The Morgan fingerprint density at radius 2 is 1.68 bits per heavy atom. The van der Waals surface area contributed by atoms with Gasteiger partial charge in [0, 0.05) is 12.3 Å². The number of esters is 1. The summed E-state index contributed by atoms with van der Waals surface area (Å²) in [6, 6.07) is 21.0. The highest BCUT2D eigenvalue weighted by Crippen LogP contribution is 2.48. The van der Waals surface area contributed by atoms with Crippen molar-refractivity contribution in [2.45, 2.75) is 66.1 Å². The Labute approximate surface area is 219 Å².